The first-order chi connectivity index (χ1) is 8.13. The van der Waals surface area contributed by atoms with Crippen molar-refractivity contribution in [1.82, 2.24) is 9.38 Å². The van der Waals surface area contributed by atoms with Crippen LogP contribution in [0.25, 0.3) is 5.65 Å². The maximum atomic E-state index is 11.4. The van der Waals surface area contributed by atoms with E-state index in [1.807, 2.05) is 12.1 Å². The fourth-order valence-electron chi connectivity index (χ4n) is 1.58. The molecule has 0 saturated heterocycles. The van der Waals surface area contributed by atoms with Gasteiger partial charge in [-0.05, 0) is 35.0 Å². The van der Waals surface area contributed by atoms with Crippen LogP contribution in [-0.4, -0.2) is 22.0 Å². The molecule has 2 aromatic heterocycles. The Bertz CT molecular complexity index is 565. The topological polar surface area (TPSA) is 69.6 Å². The second-order valence-electron chi connectivity index (χ2n) is 3.48. The SMILES string of the molecule is CCOC(=O)Cc1nc2c(Br)cccn2c1N. The van der Waals surface area contributed by atoms with Gasteiger partial charge in [-0.15, -0.1) is 0 Å². The van der Waals surface area contributed by atoms with Gasteiger partial charge in [-0.3, -0.25) is 9.20 Å². The first-order valence-electron chi connectivity index (χ1n) is 5.20. The number of rotatable bonds is 3. The molecule has 0 aliphatic rings. The Labute approximate surface area is 107 Å². The van der Waals surface area contributed by atoms with Gasteiger partial charge in [0.1, 0.15) is 5.82 Å². The van der Waals surface area contributed by atoms with Crippen molar-refractivity contribution in [1.29, 1.82) is 0 Å². The second kappa shape index (κ2) is 4.75. The normalized spacial score (nSPS) is 10.7. The first-order valence-corrected chi connectivity index (χ1v) is 5.99. The number of imidazole rings is 1. The minimum Gasteiger partial charge on any atom is -0.466 e. The number of carbonyl (C=O) groups excluding carboxylic acids is 1. The number of carbonyl (C=O) groups is 1. The monoisotopic (exact) mass is 297 g/mol. The van der Waals surface area contributed by atoms with Gasteiger partial charge in [0, 0.05) is 6.20 Å². The molecule has 0 amide bonds. The van der Waals surface area contributed by atoms with Crippen molar-refractivity contribution < 1.29 is 9.53 Å². The summed E-state index contributed by atoms with van der Waals surface area (Å²) in [6, 6.07) is 3.72. The van der Waals surface area contributed by atoms with E-state index in [-0.39, 0.29) is 12.4 Å². The molecule has 0 aromatic carbocycles. The summed E-state index contributed by atoms with van der Waals surface area (Å²) < 4.78 is 7.44. The number of nitrogens with zero attached hydrogens (tertiary/aromatic N) is 2. The highest BCUT2D eigenvalue weighted by Crippen LogP contribution is 2.22. The maximum Gasteiger partial charge on any atom is 0.312 e. The number of pyridine rings is 1. The van der Waals surface area contributed by atoms with Gasteiger partial charge in [-0.1, -0.05) is 0 Å². The van der Waals surface area contributed by atoms with E-state index >= 15 is 0 Å². The Balaban J connectivity index is 2.39. The van der Waals surface area contributed by atoms with Crippen LogP contribution in [-0.2, 0) is 16.0 Å². The zero-order chi connectivity index (χ0) is 12.4. The predicted octanol–water partition coefficient (Wildman–Crippen LogP) is 1.78. The van der Waals surface area contributed by atoms with E-state index in [4.69, 9.17) is 10.5 Å². The number of esters is 1. The van der Waals surface area contributed by atoms with Crippen LogP contribution in [0.15, 0.2) is 22.8 Å². The van der Waals surface area contributed by atoms with E-state index in [2.05, 4.69) is 20.9 Å². The summed E-state index contributed by atoms with van der Waals surface area (Å²) in [5.74, 6) is 0.146. The quantitative estimate of drug-likeness (QED) is 0.877. The molecule has 0 aliphatic carbocycles. The minimum atomic E-state index is -0.321. The summed E-state index contributed by atoms with van der Waals surface area (Å²) in [4.78, 5) is 15.7. The molecular weight excluding hydrogens is 286 g/mol. The van der Waals surface area contributed by atoms with Crippen LogP contribution >= 0.6 is 15.9 Å². The zero-order valence-corrected chi connectivity index (χ0v) is 10.9. The van der Waals surface area contributed by atoms with Crippen LogP contribution in [0.3, 0.4) is 0 Å². The molecule has 90 valence electrons. The van der Waals surface area contributed by atoms with Gasteiger partial charge in [-0.2, -0.15) is 0 Å². The number of halogens is 1. The van der Waals surface area contributed by atoms with E-state index in [1.165, 1.54) is 0 Å². The Kier molecular flexibility index (Phi) is 3.33. The molecule has 0 saturated carbocycles. The lowest BCUT2D eigenvalue weighted by Gasteiger charge is -2.00. The highest BCUT2D eigenvalue weighted by Gasteiger charge is 2.14. The molecular formula is C11H12BrN3O2. The lowest BCUT2D eigenvalue weighted by molar-refractivity contribution is -0.142. The highest BCUT2D eigenvalue weighted by atomic mass is 79.9. The molecule has 17 heavy (non-hydrogen) atoms. The summed E-state index contributed by atoms with van der Waals surface area (Å²) in [6.07, 6.45) is 1.89. The molecule has 0 spiro atoms. The fraction of sp³-hybridized carbons (Fsp3) is 0.273. The molecule has 2 heterocycles. The van der Waals surface area contributed by atoms with Crippen LogP contribution in [0, 0.1) is 0 Å². The van der Waals surface area contributed by atoms with Crippen molar-refractivity contribution in [3.05, 3.63) is 28.5 Å². The van der Waals surface area contributed by atoms with Crippen molar-refractivity contribution >= 4 is 33.4 Å². The van der Waals surface area contributed by atoms with Crippen molar-refractivity contribution in [2.45, 2.75) is 13.3 Å². The molecule has 0 unspecified atom stereocenters. The van der Waals surface area contributed by atoms with Gasteiger partial charge in [-0.25, -0.2) is 4.98 Å². The molecule has 0 radical (unpaired) electrons. The Morgan fingerprint density at radius 2 is 2.41 bits per heavy atom. The van der Waals surface area contributed by atoms with Gasteiger partial charge in [0.2, 0.25) is 0 Å². The Morgan fingerprint density at radius 3 is 3.06 bits per heavy atom. The third-order valence-electron chi connectivity index (χ3n) is 2.33. The van der Waals surface area contributed by atoms with Crippen molar-refractivity contribution in [2.24, 2.45) is 0 Å². The zero-order valence-electron chi connectivity index (χ0n) is 9.31. The molecule has 0 atom stereocenters. The summed E-state index contributed by atoms with van der Waals surface area (Å²) in [5.41, 5.74) is 7.16. The number of ether oxygens (including phenoxy) is 1. The maximum absolute atomic E-state index is 11.4. The van der Waals surface area contributed by atoms with E-state index in [0.29, 0.717) is 23.8 Å². The van der Waals surface area contributed by atoms with E-state index in [0.717, 1.165) is 4.47 Å². The predicted molar refractivity (Wildman–Crippen MR) is 67.6 cm³/mol. The van der Waals surface area contributed by atoms with Crippen LogP contribution in [0.2, 0.25) is 0 Å². The number of anilines is 1. The van der Waals surface area contributed by atoms with E-state index in [9.17, 15) is 4.79 Å². The molecule has 2 aromatic rings. The average Bonchev–Trinajstić information content (AvgIpc) is 2.59. The van der Waals surface area contributed by atoms with Crippen LogP contribution in [0.5, 0.6) is 0 Å². The van der Waals surface area contributed by atoms with Gasteiger partial charge in [0.05, 0.1) is 23.2 Å². The third kappa shape index (κ3) is 2.26. The van der Waals surface area contributed by atoms with Gasteiger partial charge in [0.15, 0.2) is 5.65 Å². The Hall–Kier alpha value is -1.56. The summed E-state index contributed by atoms with van der Waals surface area (Å²) >= 11 is 3.39. The number of aromatic nitrogens is 2. The number of hydrogen-bond acceptors (Lipinski definition) is 4. The number of nitrogen functional groups attached to an aromatic ring is 1. The summed E-state index contributed by atoms with van der Waals surface area (Å²) in [5, 5.41) is 0. The molecule has 2 rings (SSSR count). The number of nitrogens with two attached hydrogens (primary N) is 1. The van der Waals surface area contributed by atoms with Crippen LogP contribution in [0.1, 0.15) is 12.6 Å². The largest absolute Gasteiger partial charge is 0.466 e. The lowest BCUT2D eigenvalue weighted by atomic mass is 10.3. The molecule has 5 nitrogen and oxygen atoms in total. The van der Waals surface area contributed by atoms with Crippen LogP contribution < -0.4 is 5.73 Å². The average molecular weight is 298 g/mol. The van der Waals surface area contributed by atoms with Crippen molar-refractivity contribution in [3.8, 4) is 0 Å². The standard InChI is InChI=1S/C11H12BrN3O2/c1-2-17-9(16)6-8-10(13)15-5-3-4-7(12)11(15)14-8/h3-5H,2,6,13H2,1H3. The number of hydrogen-bond donors (Lipinski definition) is 1. The summed E-state index contributed by atoms with van der Waals surface area (Å²) in [6.45, 7) is 2.12. The van der Waals surface area contributed by atoms with Crippen molar-refractivity contribution in [3.63, 3.8) is 0 Å². The van der Waals surface area contributed by atoms with E-state index < -0.39 is 0 Å². The first kappa shape index (κ1) is 11.9. The van der Waals surface area contributed by atoms with Crippen LogP contribution in [0.4, 0.5) is 5.82 Å². The van der Waals surface area contributed by atoms with Gasteiger partial charge < -0.3 is 10.5 Å². The molecule has 0 bridgehead atoms. The van der Waals surface area contributed by atoms with Crippen molar-refractivity contribution in [2.75, 3.05) is 12.3 Å². The van der Waals surface area contributed by atoms with Gasteiger partial charge in [0.25, 0.3) is 0 Å². The molecule has 0 aliphatic heterocycles. The third-order valence-corrected chi connectivity index (χ3v) is 2.95. The molecule has 0 fully saturated rings. The van der Waals surface area contributed by atoms with E-state index in [1.54, 1.807) is 17.5 Å². The Morgan fingerprint density at radius 1 is 1.65 bits per heavy atom. The second-order valence-corrected chi connectivity index (χ2v) is 4.33. The smallest absolute Gasteiger partial charge is 0.312 e. The lowest BCUT2D eigenvalue weighted by Crippen LogP contribution is -2.09. The molecule has 2 N–H and O–H groups in total. The molecule has 6 heteroatoms. The fourth-order valence-corrected chi connectivity index (χ4v) is 2.01. The minimum absolute atomic E-state index is 0.0911. The highest BCUT2D eigenvalue weighted by molar-refractivity contribution is 9.10. The van der Waals surface area contributed by atoms with Gasteiger partial charge >= 0.3 is 5.97 Å². The number of fused-ring (bicyclic) bond motifs is 1. The summed E-state index contributed by atoms with van der Waals surface area (Å²) in [7, 11) is 0.